The fourth-order valence-electron chi connectivity index (χ4n) is 6.47. The number of fused-ring (bicyclic) bond motifs is 3. The molecule has 0 aromatic heterocycles. The molecule has 0 unspecified atom stereocenters. The summed E-state index contributed by atoms with van der Waals surface area (Å²) in [5.41, 5.74) is 0.650. The lowest BCUT2D eigenvalue weighted by molar-refractivity contribution is -0.147. The van der Waals surface area contributed by atoms with Gasteiger partial charge in [-0.15, -0.1) is 0 Å². The Kier molecular flexibility index (Phi) is 4.66. The lowest BCUT2D eigenvalue weighted by atomic mass is 9.44. The van der Waals surface area contributed by atoms with Crippen molar-refractivity contribution in [1.82, 2.24) is 0 Å². The molecule has 3 aliphatic rings. The first-order valence-electron chi connectivity index (χ1n) is 9.50. The highest BCUT2D eigenvalue weighted by Crippen LogP contribution is 2.63. The van der Waals surface area contributed by atoms with E-state index in [0.717, 1.165) is 32.1 Å². The molecule has 0 aromatic rings. The average molecular weight is 338 g/mol. The van der Waals surface area contributed by atoms with Crippen LogP contribution in [0.1, 0.15) is 59.3 Å². The van der Waals surface area contributed by atoms with E-state index in [9.17, 15) is 20.4 Å². The monoisotopic (exact) mass is 338 g/mol. The molecule has 0 spiro atoms. The topological polar surface area (TPSA) is 80.9 Å². The van der Waals surface area contributed by atoms with E-state index >= 15 is 0 Å². The highest BCUT2D eigenvalue weighted by Gasteiger charge is 2.59. The summed E-state index contributed by atoms with van der Waals surface area (Å²) in [6.45, 7) is 6.36. The summed E-state index contributed by atoms with van der Waals surface area (Å²) >= 11 is 0. The van der Waals surface area contributed by atoms with E-state index in [4.69, 9.17) is 0 Å². The van der Waals surface area contributed by atoms with Gasteiger partial charge in [-0.25, -0.2) is 0 Å². The minimum Gasteiger partial charge on any atom is -0.396 e. The van der Waals surface area contributed by atoms with Crippen molar-refractivity contribution in [1.29, 1.82) is 0 Å². The Balaban J connectivity index is 1.99. The predicted molar refractivity (Wildman–Crippen MR) is 93.3 cm³/mol. The molecule has 0 radical (unpaired) electrons. The van der Waals surface area contributed by atoms with E-state index < -0.39 is 17.6 Å². The summed E-state index contributed by atoms with van der Waals surface area (Å²) < 4.78 is 0. The van der Waals surface area contributed by atoms with Gasteiger partial charge in [0.2, 0.25) is 0 Å². The lowest BCUT2D eigenvalue weighted by Gasteiger charge is -2.61. The summed E-state index contributed by atoms with van der Waals surface area (Å²) in [5, 5.41) is 40.6. The number of rotatable bonds is 3. The van der Waals surface area contributed by atoms with E-state index in [0.29, 0.717) is 12.3 Å². The standard InChI is InChI=1S/C20H34O4/c1-18(16(24)11-21)8-5-14-13(10-18)9-15(23)17-19(2,12-22)6-4-7-20(14,17)3/h10,14-17,21-24H,4-9,11-12H2,1-3H3/t14-,15+,16-,17-,18+,19-,20+/m1/s1. The predicted octanol–water partition coefficient (Wildman–Crippen LogP) is 2.25. The molecule has 4 N–H and O–H groups in total. The molecule has 2 fully saturated rings. The molecular formula is C20H34O4. The van der Waals surface area contributed by atoms with Crippen molar-refractivity contribution in [2.45, 2.75) is 71.5 Å². The number of aliphatic hydroxyl groups is 4. The van der Waals surface area contributed by atoms with Gasteiger partial charge < -0.3 is 20.4 Å². The summed E-state index contributed by atoms with van der Waals surface area (Å²) in [5.74, 6) is 0.536. The Labute approximate surface area is 145 Å². The lowest BCUT2D eigenvalue weighted by Crippen LogP contribution is -2.58. The highest BCUT2D eigenvalue weighted by molar-refractivity contribution is 5.26. The second-order valence-corrected chi connectivity index (χ2v) is 9.44. The van der Waals surface area contributed by atoms with Crippen molar-refractivity contribution in [3.05, 3.63) is 11.6 Å². The summed E-state index contributed by atoms with van der Waals surface area (Å²) in [6, 6.07) is 0. The normalized spacial score (nSPS) is 49.8. The van der Waals surface area contributed by atoms with E-state index in [1.165, 1.54) is 5.57 Å². The molecule has 0 amide bonds. The van der Waals surface area contributed by atoms with Gasteiger partial charge in [-0.1, -0.05) is 38.8 Å². The van der Waals surface area contributed by atoms with Crippen LogP contribution in [0.15, 0.2) is 11.6 Å². The van der Waals surface area contributed by atoms with Gasteiger partial charge in [-0.3, -0.25) is 0 Å². The molecule has 0 saturated heterocycles. The van der Waals surface area contributed by atoms with Crippen LogP contribution >= 0.6 is 0 Å². The van der Waals surface area contributed by atoms with Crippen LogP contribution in [0, 0.1) is 28.1 Å². The third-order valence-corrected chi connectivity index (χ3v) is 7.78. The zero-order valence-electron chi connectivity index (χ0n) is 15.3. The van der Waals surface area contributed by atoms with Gasteiger partial charge in [0.05, 0.1) is 18.8 Å². The van der Waals surface area contributed by atoms with Gasteiger partial charge in [-0.2, -0.15) is 0 Å². The van der Waals surface area contributed by atoms with Crippen LogP contribution in [0.4, 0.5) is 0 Å². The molecule has 4 heteroatoms. The van der Waals surface area contributed by atoms with Crippen molar-refractivity contribution >= 4 is 0 Å². The quantitative estimate of drug-likeness (QED) is 0.595. The van der Waals surface area contributed by atoms with Crippen LogP contribution in [0.25, 0.3) is 0 Å². The first-order chi connectivity index (χ1) is 11.2. The Morgan fingerprint density at radius 1 is 1.17 bits per heavy atom. The van der Waals surface area contributed by atoms with Gasteiger partial charge in [-0.05, 0) is 54.8 Å². The molecule has 0 heterocycles. The van der Waals surface area contributed by atoms with Crippen molar-refractivity contribution in [3.63, 3.8) is 0 Å². The molecule has 7 atom stereocenters. The molecule has 138 valence electrons. The van der Waals surface area contributed by atoms with Crippen molar-refractivity contribution in [2.75, 3.05) is 13.2 Å². The minimum atomic E-state index is -0.748. The molecular weight excluding hydrogens is 304 g/mol. The maximum atomic E-state index is 11.0. The number of aliphatic hydroxyl groups excluding tert-OH is 4. The van der Waals surface area contributed by atoms with Crippen LogP contribution < -0.4 is 0 Å². The number of hydrogen-bond acceptors (Lipinski definition) is 4. The second-order valence-electron chi connectivity index (χ2n) is 9.44. The molecule has 4 nitrogen and oxygen atoms in total. The van der Waals surface area contributed by atoms with Crippen LogP contribution in [0.2, 0.25) is 0 Å². The molecule has 24 heavy (non-hydrogen) atoms. The van der Waals surface area contributed by atoms with Gasteiger partial charge >= 0.3 is 0 Å². The molecule has 2 saturated carbocycles. The molecule has 3 rings (SSSR count). The first kappa shape index (κ1) is 18.4. The maximum absolute atomic E-state index is 11.0. The van der Waals surface area contributed by atoms with Crippen molar-refractivity contribution in [2.24, 2.45) is 28.1 Å². The van der Waals surface area contributed by atoms with Gasteiger partial charge in [0.25, 0.3) is 0 Å². The van der Waals surface area contributed by atoms with Crippen LogP contribution in [0.3, 0.4) is 0 Å². The molecule has 3 aliphatic carbocycles. The van der Waals surface area contributed by atoms with Crippen LogP contribution in [0.5, 0.6) is 0 Å². The van der Waals surface area contributed by atoms with E-state index in [1.54, 1.807) is 0 Å². The van der Waals surface area contributed by atoms with Crippen molar-refractivity contribution < 1.29 is 20.4 Å². The fraction of sp³-hybridized carbons (Fsp3) is 0.900. The van der Waals surface area contributed by atoms with Gasteiger partial charge in [0, 0.05) is 12.0 Å². The Bertz CT molecular complexity index is 518. The SMILES string of the molecule is C[C@]1(CO)CCC[C@@]2(C)[C@@H]3CC[C@](C)([C@H](O)CO)C=C3C[C@H](O)[C@H]12. The molecule has 0 bridgehead atoms. The molecule has 0 aromatic carbocycles. The Hall–Kier alpha value is -0.420. The second kappa shape index (κ2) is 6.08. The summed E-state index contributed by atoms with van der Waals surface area (Å²) in [7, 11) is 0. The highest BCUT2D eigenvalue weighted by atomic mass is 16.3. The number of hydrogen-bond donors (Lipinski definition) is 4. The zero-order chi connectivity index (χ0) is 17.8. The van der Waals surface area contributed by atoms with Crippen LogP contribution in [-0.2, 0) is 0 Å². The van der Waals surface area contributed by atoms with E-state index in [2.05, 4.69) is 19.9 Å². The van der Waals surface area contributed by atoms with Gasteiger partial charge in [0.1, 0.15) is 0 Å². The third-order valence-electron chi connectivity index (χ3n) is 7.78. The summed E-state index contributed by atoms with van der Waals surface area (Å²) in [6.07, 6.45) is 6.60. The smallest absolute Gasteiger partial charge is 0.0858 e. The Morgan fingerprint density at radius 2 is 1.88 bits per heavy atom. The van der Waals surface area contributed by atoms with Gasteiger partial charge in [0.15, 0.2) is 0 Å². The van der Waals surface area contributed by atoms with Crippen LogP contribution in [-0.4, -0.2) is 45.8 Å². The minimum absolute atomic E-state index is 0.00469. The summed E-state index contributed by atoms with van der Waals surface area (Å²) in [4.78, 5) is 0. The third kappa shape index (κ3) is 2.57. The first-order valence-corrected chi connectivity index (χ1v) is 9.50. The van der Waals surface area contributed by atoms with E-state index in [1.807, 2.05) is 6.92 Å². The van der Waals surface area contributed by atoms with Crippen molar-refractivity contribution in [3.8, 4) is 0 Å². The fourth-order valence-corrected chi connectivity index (χ4v) is 6.47. The van der Waals surface area contributed by atoms with E-state index in [-0.39, 0.29) is 30.0 Å². The Morgan fingerprint density at radius 3 is 2.50 bits per heavy atom. The maximum Gasteiger partial charge on any atom is 0.0858 e. The largest absolute Gasteiger partial charge is 0.396 e. The molecule has 0 aliphatic heterocycles. The average Bonchev–Trinajstić information content (AvgIpc) is 2.53. The zero-order valence-corrected chi connectivity index (χ0v) is 15.3.